The highest BCUT2D eigenvalue weighted by Gasteiger charge is 2.30. The first kappa shape index (κ1) is 24.0. The molecule has 0 spiro atoms. The Morgan fingerprint density at radius 1 is 1.39 bits per heavy atom. The number of pyridine rings is 1. The van der Waals surface area contributed by atoms with E-state index in [2.05, 4.69) is 15.0 Å². The third-order valence-corrected chi connectivity index (χ3v) is 4.53. The number of amides is 1. The number of carbonyl (C=O) groups is 2. The van der Waals surface area contributed by atoms with Crippen LogP contribution in [-0.4, -0.2) is 48.5 Å². The summed E-state index contributed by atoms with van der Waals surface area (Å²) in [5.74, 6) is 0.498. The number of halogens is 3. The summed E-state index contributed by atoms with van der Waals surface area (Å²) in [4.78, 5) is 27.7. The van der Waals surface area contributed by atoms with Crippen molar-refractivity contribution in [2.75, 3.05) is 25.5 Å². The fraction of sp³-hybridized carbons (Fsp3) is 0.450. The number of hydrogen-bond acceptors (Lipinski definition) is 7. The van der Waals surface area contributed by atoms with Gasteiger partial charge in [-0.1, -0.05) is 0 Å². The highest BCUT2D eigenvalue weighted by molar-refractivity contribution is 5.99. The topological polar surface area (TPSA) is 124 Å². The molecule has 1 aliphatic carbocycles. The molecule has 1 aliphatic heterocycles. The van der Waals surface area contributed by atoms with Crippen molar-refractivity contribution in [2.45, 2.75) is 32.5 Å². The SMILES string of the molecule is CNc1nccc2c1CN(C/C(N)=C/C(C)=C(\N)OCC(F)(F)F)C2=O.O=CC1CC1. The highest BCUT2D eigenvalue weighted by Crippen LogP contribution is 2.27. The summed E-state index contributed by atoms with van der Waals surface area (Å²) in [7, 11) is 1.71. The van der Waals surface area contributed by atoms with Crippen molar-refractivity contribution in [2.24, 2.45) is 17.4 Å². The second-order valence-corrected chi connectivity index (χ2v) is 7.24. The summed E-state index contributed by atoms with van der Waals surface area (Å²) in [6.07, 6.45) is 1.76. The van der Waals surface area contributed by atoms with Crippen molar-refractivity contribution in [1.29, 1.82) is 0 Å². The van der Waals surface area contributed by atoms with Crippen LogP contribution in [0.3, 0.4) is 0 Å². The predicted octanol–water partition coefficient (Wildman–Crippen LogP) is 2.29. The van der Waals surface area contributed by atoms with Crippen LogP contribution in [0, 0.1) is 5.92 Å². The standard InChI is InChI=1S/C16H20F3N5O2.C4H6O/c1-9(13(21)26-8-16(17,18)19)5-10(20)6-24-7-12-11(15(24)25)3-4-23-14(12)22-2;5-3-4-1-2-4/h3-5H,6-8,20-21H2,1-2H3,(H,22,23);3-4H,1-2H2/b10-5-,13-9+;. The van der Waals surface area contributed by atoms with E-state index in [0.29, 0.717) is 23.8 Å². The summed E-state index contributed by atoms with van der Waals surface area (Å²) in [6, 6.07) is 1.63. The molecule has 5 N–H and O–H groups in total. The van der Waals surface area contributed by atoms with Gasteiger partial charge in [-0.25, -0.2) is 4.98 Å². The molecule has 1 saturated carbocycles. The van der Waals surface area contributed by atoms with Crippen LogP contribution in [0.25, 0.3) is 0 Å². The monoisotopic (exact) mass is 441 g/mol. The van der Waals surface area contributed by atoms with Gasteiger partial charge in [0, 0.05) is 41.6 Å². The van der Waals surface area contributed by atoms with E-state index in [1.807, 2.05) is 0 Å². The number of ether oxygens (including phenoxy) is 1. The van der Waals surface area contributed by atoms with Gasteiger partial charge in [-0.3, -0.25) is 4.79 Å². The Morgan fingerprint density at radius 3 is 2.58 bits per heavy atom. The van der Waals surface area contributed by atoms with Crippen molar-refractivity contribution < 1.29 is 27.5 Å². The van der Waals surface area contributed by atoms with E-state index < -0.39 is 12.8 Å². The Bertz CT molecular complexity index is 879. The molecule has 0 unspecified atom stereocenters. The summed E-state index contributed by atoms with van der Waals surface area (Å²) >= 11 is 0. The quantitative estimate of drug-likeness (QED) is 0.337. The predicted molar refractivity (Wildman–Crippen MR) is 108 cm³/mol. The van der Waals surface area contributed by atoms with Gasteiger partial charge in [0.25, 0.3) is 5.91 Å². The maximum absolute atomic E-state index is 12.4. The lowest BCUT2D eigenvalue weighted by atomic mass is 10.1. The van der Waals surface area contributed by atoms with Crippen LogP contribution in [0.4, 0.5) is 19.0 Å². The number of nitrogens with one attached hydrogen (secondary N) is 1. The van der Waals surface area contributed by atoms with E-state index in [9.17, 15) is 22.8 Å². The molecular weight excluding hydrogens is 415 g/mol. The molecule has 0 radical (unpaired) electrons. The fourth-order valence-corrected chi connectivity index (χ4v) is 2.75. The Labute approximate surface area is 178 Å². The first-order valence-electron chi connectivity index (χ1n) is 9.57. The van der Waals surface area contributed by atoms with Crippen molar-refractivity contribution in [3.05, 3.63) is 46.6 Å². The minimum Gasteiger partial charge on any atom is -0.470 e. The van der Waals surface area contributed by atoms with Crippen LogP contribution < -0.4 is 16.8 Å². The van der Waals surface area contributed by atoms with Crippen molar-refractivity contribution in [1.82, 2.24) is 9.88 Å². The summed E-state index contributed by atoms with van der Waals surface area (Å²) in [5, 5.41) is 2.93. The Hall–Kier alpha value is -3.24. The van der Waals surface area contributed by atoms with Gasteiger partial charge in [-0.2, -0.15) is 13.2 Å². The van der Waals surface area contributed by atoms with Gasteiger partial charge in [-0.05, 0) is 31.9 Å². The first-order chi connectivity index (χ1) is 14.6. The van der Waals surface area contributed by atoms with Gasteiger partial charge in [0.1, 0.15) is 12.1 Å². The molecule has 31 heavy (non-hydrogen) atoms. The van der Waals surface area contributed by atoms with Crippen molar-refractivity contribution >= 4 is 18.0 Å². The number of aldehydes is 1. The number of aromatic nitrogens is 1. The molecule has 1 aromatic rings. The third-order valence-electron chi connectivity index (χ3n) is 4.53. The molecule has 0 saturated heterocycles. The molecule has 2 aliphatic rings. The first-order valence-corrected chi connectivity index (χ1v) is 9.57. The maximum atomic E-state index is 12.4. The largest absolute Gasteiger partial charge is 0.470 e. The molecule has 0 atom stereocenters. The normalized spacial score (nSPS) is 16.7. The summed E-state index contributed by atoms with van der Waals surface area (Å²) < 4.78 is 40.9. The number of hydrogen-bond donors (Lipinski definition) is 3. The van der Waals surface area contributed by atoms with Gasteiger partial charge >= 0.3 is 6.18 Å². The second-order valence-electron chi connectivity index (χ2n) is 7.24. The van der Waals surface area contributed by atoms with Crippen LogP contribution in [0.15, 0.2) is 35.5 Å². The number of fused-ring (bicyclic) bond motifs is 1. The summed E-state index contributed by atoms with van der Waals surface area (Å²) in [6.45, 7) is 0.419. The van der Waals surface area contributed by atoms with Crippen LogP contribution in [0.2, 0.25) is 0 Å². The maximum Gasteiger partial charge on any atom is 0.422 e. The van der Waals surface area contributed by atoms with E-state index in [1.165, 1.54) is 24.1 Å². The molecule has 8 nitrogen and oxygen atoms in total. The second kappa shape index (κ2) is 10.2. The van der Waals surface area contributed by atoms with Crippen molar-refractivity contribution in [3.63, 3.8) is 0 Å². The van der Waals surface area contributed by atoms with Crippen LogP contribution >= 0.6 is 0 Å². The Morgan fingerprint density at radius 2 is 2.06 bits per heavy atom. The average Bonchev–Trinajstić information content (AvgIpc) is 3.50. The minimum absolute atomic E-state index is 0.0978. The molecule has 2 heterocycles. The van der Waals surface area contributed by atoms with E-state index >= 15 is 0 Å². The number of nitrogens with zero attached hydrogens (tertiary/aromatic N) is 2. The smallest absolute Gasteiger partial charge is 0.422 e. The van der Waals surface area contributed by atoms with E-state index in [-0.39, 0.29) is 29.6 Å². The highest BCUT2D eigenvalue weighted by atomic mass is 19.4. The molecule has 0 bridgehead atoms. The lowest BCUT2D eigenvalue weighted by molar-refractivity contribution is -0.165. The zero-order chi connectivity index (χ0) is 23.2. The zero-order valence-corrected chi connectivity index (χ0v) is 17.3. The Kier molecular flexibility index (Phi) is 7.89. The van der Waals surface area contributed by atoms with Crippen LogP contribution in [0.1, 0.15) is 35.7 Å². The van der Waals surface area contributed by atoms with E-state index in [1.54, 1.807) is 13.1 Å². The van der Waals surface area contributed by atoms with E-state index in [0.717, 1.165) is 24.7 Å². The molecule has 1 aromatic heterocycles. The van der Waals surface area contributed by atoms with Gasteiger partial charge in [0.15, 0.2) is 12.5 Å². The lowest BCUT2D eigenvalue weighted by Crippen LogP contribution is -2.28. The number of nitrogens with two attached hydrogens (primary N) is 2. The summed E-state index contributed by atoms with van der Waals surface area (Å²) in [5.41, 5.74) is 13.2. The van der Waals surface area contributed by atoms with E-state index in [4.69, 9.17) is 11.5 Å². The Balaban J connectivity index is 0.000000597. The number of alkyl halides is 3. The fourth-order valence-electron chi connectivity index (χ4n) is 2.75. The van der Waals surface area contributed by atoms with Gasteiger partial charge < -0.3 is 31.2 Å². The third kappa shape index (κ3) is 7.19. The van der Waals surface area contributed by atoms with Gasteiger partial charge in [0.05, 0.1) is 13.1 Å². The average molecular weight is 441 g/mol. The van der Waals surface area contributed by atoms with Crippen LogP contribution in [0.5, 0.6) is 0 Å². The molecule has 1 fully saturated rings. The van der Waals surface area contributed by atoms with Gasteiger partial charge in [0.2, 0.25) is 0 Å². The van der Waals surface area contributed by atoms with Crippen LogP contribution in [-0.2, 0) is 16.1 Å². The molecule has 11 heteroatoms. The molecule has 3 rings (SSSR count). The molecular formula is C20H26F3N5O3. The number of allylic oxidation sites excluding steroid dienone is 2. The number of rotatable bonds is 7. The number of carbonyl (C=O) groups excluding carboxylic acids is 2. The zero-order valence-electron chi connectivity index (χ0n) is 17.3. The lowest BCUT2D eigenvalue weighted by Gasteiger charge is -2.16. The van der Waals surface area contributed by atoms with Crippen molar-refractivity contribution in [3.8, 4) is 0 Å². The molecule has 170 valence electrons. The molecule has 0 aromatic carbocycles. The molecule has 1 amide bonds. The minimum atomic E-state index is -4.48. The van der Waals surface area contributed by atoms with Gasteiger partial charge in [-0.15, -0.1) is 0 Å². The number of anilines is 1.